The Morgan fingerprint density at radius 3 is 2.81 bits per heavy atom. The summed E-state index contributed by atoms with van der Waals surface area (Å²) in [6, 6.07) is 0.496. The predicted octanol–water partition coefficient (Wildman–Crippen LogP) is -0.189. The number of fused-ring (bicyclic) bond motifs is 3. The first-order chi connectivity index (χ1) is 12.5. The molecule has 0 spiro atoms. The number of carbonyl (C=O) groups is 1. The van der Waals surface area contributed by atoms with E-state index in [0.717, 1.165) is 63.9 Å². The van der Waals surface area contributed by atoms with Crippen molar-refractivity contribution in [1.29, 1.82) is 0 Å². The zero-order valence-electron chi connectivity index (χ0n) is 16.0. The second-order valence-corrected chi connectivity index (χ2v) is 8.85. The van der Waals surface area contributed by atoms with Crippen LogP contribution in [0.1, 0.15) is 50.6 Å². The van der Waals surface area contributed by atoms with Crippen LogP contribution in [-0.2, 0) is 16.9 Å². The normalized spacial score (nSPS) is 33.2. The number of hydrogen-bond donors (Lipinski definition) is 2. The van der Waals surface area contributed by atoms with Gasteiger partial charge in [-0.25, -0.2) is 4.68 Å². The van der Waals surface area contributed by atoms with E-state index < -0.39 is 5.60 Å². The SMILES string of the molecule is CN(C)C(=O)[C@H]1C[NH+]2CC[C@H]1C[C@@H]2Cn1cc(C2(O)CCCCC2)nn1. The van der Waals surface area contributed by atoms with Crippen molar-refractivity contribution >= 4 is 5.91 Å². The van der Waals surface area contributed by atoms with Gasteiger partial charge in [0.15, 0.2) is 0 Å². The number of carbonyl (C=O) groups excluding carboxylic acids is 1. The van der Waals surface area contributed by atoms with Crippen LogP contribution in [0.3, 0.4) is 0 Å². The fourth-order valence-electron chi connectivity index (χ4n) is 5.35. The van der Waals surface area contributed by atoms with Crippen LogP contribution < -0.4 is 4.90 Å². The van der Waals surface area contributed by atoms with Gasteiger partial charge in [0, 0.05) is 26.9 Å². The molecule has 7 nitrogen and oxygen atoms in total. The van der Waals surface area contributed by atoms with Crippen LogP contribution in [0.5, 0.6) is 0 Å². The minimum absolute atomic E-state index is 0.180. The smallest absolute Gasteiger partial charge is 0.231 e. The Kier molecular flexibility index (Phi) is 4.77. The van der Waals surface area contributed by atoms with E-state index in [1.165, 1.54) is 11.3 Å². The first-order valence-corrected chi connectivity index (χ1v) is 10.1. The number of hydrogen-bond acceptors (Lipinski definition) is 4. The summed E-state index contributed by atoms with van der Waals surface area (Å²) in [6.07, 6.45) is 9.10. The summed E-state index contributed by atoms with van der Waals surface area (Å²) in [5, 5.41) is 19.5. The summed E-state index contributed by atoms with van der Waals surface area (Å²) in [7, 11) is 3.72. The van der Waals surface area contributed by atoms with Gasteiger partial charge < -0.3 is 14.9 Å². The minimum atomic E-state index is -0.779. The maximum atomic E-state index is 12.4. The van der Waals surface area contributed by atoms with Gasteiger partial charge in [-0.15, -0.1) is 5.10 Å². The lowest BCUT2D eigenvalue weighted by Gasteiger charge is -2.46. The molecule has 3 saturated heterocycles. The number of quaternary nitrogens is 1. The van der Waals surface area contributed by atoms with E-state index in [-0.39, 0.29) is 11.8 Å². The number of aromatic nitrogens is 3. The molecule has 4 heterocycles. The Morgan fingerprint density at radius 2 is 2.15 bits per heavy atom. The summed E-state index contributed by atoms with van der Waals surface area (Å²) < 4.78 is 1.92. The average Bonchev–Trinajstić information content (AvgIpc) is 3.11. The molecular formula is C19H32N5O2+. The number of nitrogens with zero attached hydrogens (tertiary/aromatic N) is 4. The highest BCUT2D eigenvalue weighted by atomic mass is 16.3. The monoisotopic (exact) mass is 362 g/mol. The molecule has 26 heavy (non-hydrogen) atoms. The van der Waals surface area contributed by atoms with Crippen molar-refractivity contribution in [2.75, 3.05) is 27.2 Å². The van der Waals surface area contributed by atoms with E-state index in [1.807, 2.05) is 25.0 Å². The number of piperidine rings is 3. The number of aliphatic hydroxyl groups is 1. The molecule has 144 valence electrons. The van der Waals surface area contributed by atoms with Gasteiger partial charge in [-0.1, -0.05) is 24.5 Å². The summed E-state index contributed by atoms with van der Waals surface area (Å²) in [4.78, 5) is 15.7. The zero-order chi connectivity index (χ0) is 18.3. The second kappa shape index (κ2) is 6.93. The number of nitrogens with one attached hydrogen (secondary N) is 1. The zero-order valence-corrected chi connectivity index (χ0v) is 16.0. The summed E-state index contributed by atoms with van der Waals surface area (Å²) in [5.74, 6) is 0.963. The van der Waals surface area contributed by atoms with Crippen molar-refractivity contribution in [3.05, 3.63) is 11.9 Å². The summed E-state index contributed by atoms with van der Waals surface area (Å²) in [5.41, 5.74) is -0.0397. The number of rotatable bonds is 4. The first-order valence-electron chi connectivity index (χ1n) is 10.1. The lowest BCUT2D eigenvalue weighted by Crippen LogP contribution is -3.20. The molecule has 3 aliphatic heterocycles. The quantitative estimate of drug-likeness (QED) is 0.779. The van der Waals surface area contributed by atoms with E-state index in [4.69, 9.17) is 0 Å². The van der Waals surface area contributed by atoms with Crippen molar-refractivity contribution in [3.8, 4) is 0 Å². The Bertz CT molecular complexity index is 652. The molecule has 1 amide bonds. The van der Waals surface area contributed by atoms with Crippen LogP contribution in [0, 0.1) is 11.8 Å². The summed E-state index contributed by atoms with van der Waals surface area (Å²) in [6.45, 7) is 2.92. The van der Waals surface area contributed by atoms with Crippen molar-refractivity contribution in [2.24, 2.45) is 11.8 Å². The van der Waals surface area contributed by atoms with Gasteiger partial charge in [-0.05, 0) is 18.8 Å². The Morgan fingerprint density at radius 1 is 1.38 bits per heavy atom. The van der Waals surface area contributed by atoms with Gasteiger partial charge in [-0.3, -0.25) is 4.79 Å². The molecule has 1 saturated carbocycles. The molecule has 0 radical (unpaired) electrons. The lowest BCUT2D eigenvalue weighted by atomic mass is 9.75. The van der Waals surface area contributed by atoms with E-state index in [2.05, 4.69) is 10.3 Å². The average molecular weight is 362 g/mol. The molecule has 0 aromatic carbocycles. The van der Waals surface area contributed by atoms with Crippen molar-refractivity contribution in [3.63, 3.8) is 0 Å². The Labute approximate surface area is 155 Å². The van der Waals surface area contributed by atoms with Crippen LogP contribution in [0.4, 0.5) is 0 Å². The standard InChI is InChI=1S/C19H31N5O2/c1-22(2)18(25)16-12-23-9-6-14(16)10-15(23)11-24-13-17(20-21-24)19(26)7-4-3-5-8-19/h13-16,26H,3-12H2,1-2H3/p+1/t14-,15+,16-/m0/s1. The van der Waals surface area contributed by atoms with Crippen LogP contribution in [-0.4, -0.2) is 64.1 Å². The molecule has 2 bridgehead atoms. The third kappa shape index (κ3) is 3.27. The van der Waals surface area contributed by atoms with E-state index in [1.54, 1.807) is 4.90 Å². The molecule has 4 atom stereocenters. The molecule has 1 unspecified atom stereocenters. The molecule has 7 heteroatoms. The van der Waals surface area contributed by atoms with Crippen LogP contribution in [0.15, 0.2) is 6.20 Å². The molecule has 4 aliphatic rings. The molecule has 2 N–H and O–H groups in total. The molecule has 1 aromatic heterocycles. The van der Waals surface area contributed by atoms with Gasteiger partial charge in [0.25, 0.3) is 0 Å². The van der Waals surface area contributed by atoms with Gasteiger partial charge in [-0.2, -0.15) is 0 Å². The lowest BCUT2D eigenvalue weighted by molar-refractivity contribution is -0.945. The van der Waals surface area contributed by atoms with E-state index >= 15 is 0 Å². The molecule has 1 aliphatic carbocycles. The molecule has 5 rings (SSSR count). The van der Waals surface area contributed by atoms with E-state index in [0.29, 0.717) is 12.0 Å². The highest BCUT2D eigenvalue weighted by Crippen LogP contribution is 2.35. The largest absolute Gasteiger partial charge is 0.383 e. The fourth-order valence-corrected chi connectivity index (χ4v) is 5.35. The van der Waals surface area contributed by atoms with Crippen LogP contribution >= 0.6 is 0 Å². The van der Waals surface area contributed by atoms with Crippen molar-refractivity contribution < 1.29 is 14.8 Å². The van der Waals surface area contributed by atoms with Gasteiger partial charge in [0.1, 0.15) is 17.3 Å². The Balaban J connectivity index is 1.41. The fraction of sp³-hybridized carbons (Fsp3) is 0.842. The minimum Gasteiger partial charge on any atom is -0.383 e. The maximum absolute atomic E-state index is 12.4. The highest BCUT2D eigenvalue weighted by Gasteiger charge is 2.47. The first kappa shape index (κ1) is 17.9. The van der Waals surface area contributed by atoms with Gasteiger partial charge in [0.05, 0.1) is 31.7 Å². The molecule has 1 aromatic rings. The van der Waals surface area contributed by atoms with Gasteiger partial charge in [0.2, 0.25) is 5.91 Å². The van der Waals surface area contributed by atoms with E-state index in [9.17, 15) is 9.90 Å². The van der Waals surface area contributed by atoms with Gasteiger partial charge >= 0.3 is 0 Å². The topological polar surface area (TPSA) is 75.7 Å². The molecular weight excluding hydrogens is 330 g/mol. The van der Waals surface area contributed by atoms with Crippen molar-refractivity contribution in [1.82, 2.24) is 19.9 Å². The predicted molar refractivity (Wildman–Crippen MR) is 96.4 cm³/mol. The summed E-state index contributed by atoms with van der Waals surface area (Å²) >= 11 is 0. The van der Waals surface area contributed by atoms with Crippen LogP contribution in [0.25, 0.3) is 0 Å². The highest BCUT2D eigenvalue weighted by molar-refractivity contribution is 5.78. The van der Waals surface area contributed by atoms with Crippen LogP contribution in [0.2, 0.25) is 0 Å². The second-order valence-electron chi connectivity index (χ2n) is 8.85. The third-order valence-electron chi connectivity index (χ3n) is 6.91. The molecule has 4 fully saturated rings. The third-order valence-corrected chi connectivity index (χ3v) is 6.91. The van der Waals surface area contributed by atoms with Crippen molar-refractivity contribution in [2.45, 2.75) is 63.1 Å². The maximum Gasteiger partial charge on any atom is 0.231 e. The number of amides is 1. The Hall–Kier alpha value is -1.47.